The van der Waals surface area contributed by atoms with E-state index in [0.29, 0.717) is 22.1 Å². The second-order valence-electron chi connectivity index (χ2n) is 6.14. The maximum atomic E-state index is 12.2. The van der Waals surface area contributed by atoms with Crippen molar-refractivity contribution >= 4 is 35.1 Å². The lowest BCUT2D eigenvalue weighted by molar-refractivity contribution is -0.113. The number of nitrogens with zero attached hydrogens (tertiary/aromatic N) is 2. The number of carbonyl (C=O) groups excluding carboxylic acids is 2. The summed E-state index contributed by atoms with van der Waals surface area (Å²) >= 11 is 1.26. The molecule has 1 aromatic heterocycles. The molecule has 0 aliphatic carbocycles. The summed E-state index contributed by atoms with van der Waals surface area (Å²) in [4.78, 5) is 24.3. The molecule has 2 aromatic carbocycles. The van der Waals surface area contributed by atoms with E-state index in [0.717, 1.165) is 11.3 Å². The topological polar surface area (TPSA) is 93.2 Å². The third-order valence-electron chi connectivity index (χ3n) is 3.92. The SMILES string of the molecule is COc1ccc(NC(=O)CSc2ccc(NC(=O)c3ccc(C)cc3)nn2)cc1. The molecule has 2 N–H and O–H groups in total. The van der Waals surface area contributed by atoms with Crippen LogP contribution in [-0.4, -0.2) is 34.9 Å². The summed E-state index contributed by atoms with van der Waals surface area (Å²) in [5.74, 6) is 0.859. The van der Waals surface area contributed by atoms with Crippen molar-refractivity contribution in [1.29, 1.82) is 0 Å². The zero-order valence-corrected chi connectivity index (χ0v) is 16.8. The monoisotopic (exact) mass is 408 g/mol. The van der Waals surface area contributed by atoms with Gasteiger partial charge >= 0.3 is 0 Å². The number of benzene rings is 2. The van der Waals surface area contributed by atoms with E-state index in [2.05, 4.69) is 20.8 Å². The number of carbonyl (C=O) groups is 2. The van der Waals surface area contributed by atoms with E-state index < -0.39 is 0 Å². The highest BCUT2D eigenvalue weighted by Gasteiger charge is 2.09. The predicted octanol–water partition coefficient (Wildman–Crippen LogP) is 3.78. The quantitative estimate of drug-likeness (QED) is 0.578. The molecular formula is C21H20N4O3S. The number of hydrogen-bond donors (Lipinski definition) is 2. The Hall–Kier alpha value is -3.39. The lowest BCUT2D eigenvalue weighted by atomic mass is 10.1. The molecule has 0 unspecified atom stereocenters. The molecule has 8 heteroatoms. The van der Waals surface area contributed by atoms with Crippen LogP contribution in [0.15, 0.2) is 65.7 Å². The Morgan fingerprint density at radius 2 is 1.66 bits per heavy atom. The third kappa shape index (κ3) is 6.05. The van der Waals surface area contributed by atoms with Crippen LogP contribution in [-0.2, 0) is 4.79 Å². The molecule has 3 aromatic rings. The fourth-order valence-corrected chi connectivity index (χ4v) is 2.98. The molecule has 2 amide bonds. The van der Waals surface area contributed by atoms with Gasteiger partial charge in [-0.05, 0) is 55.5 Å². The molecular weight excluding hydrogens is 388 g/mol. The molecule has 0 saturated heterocycles. The molecule has 0 saturated carbocycles. The summed E-state index contributed by atoms with van der Waals surface area (Å²) in [6, 6.07) is 17.7. The molecule has 0 fully saturated rings. The second-order valence-corrected chi connectivity index (χ2v) is 7.14. The van der Waals surface area contributed by atoms with Gasteiger partial charge in [0.1, 0.15) is 10.8 Å². The van der Waals surface area contributed by atoms with Crippen LogP contribution in [0.5, 0.6) is 5.75 Å². The lowest BCUT2D eigenvalue weighted by Gasteiger charge is -2.07. The predicted molar refractivity (Wildman–Crippen MR) is 114 cm³/mol. The van der Waals surface area contributed by atoms with Crippen LogP contribution >= 0.6 is 11.8 Å². The molecule has 29 heavy (non-hydrogen) atoms. The van der Waals surface area contributed by atoms with Gasteiger partial charge in [-0.1, -0.05) is 29.5 Å². The number of anilines is 2. The molecule has 0 bridgehead atoms. The summed E-state index contributed by atoms with van der Waals surface area (Å²) in [6.45, 7) is 1.96. The summed E-state index contributed by atoms with van der Waals surface area (Å²) in [6.07, 6.45) is 0. The van der Waals surface area contributed by atoms with Gasteiger partial charge in [0.15, 0.2) is 5.82 Å². The standard InChI is InChI=1S/C21H20N4O3S/c1-14-3-5-15(6-4-14)21(27)23-18-11-12-20(25-24-18)29-13-19(26)22-16-7-9-17(28-2)10-8-16/h3-12H,13H2,1-2H3,(H,22,26)(H,23,24,27). The van der Waals surface area contributed by atoms with Crippen molar-refractivity contribution in [2.24, 2.45) is 0 Å². The highest BCUT2D eigenvalue weighted by Crippen LogP contribution is 2.18. The Bertz CT molecular complexity index is 974. The first-order valence-electron chi connectivity index (χ1n) is 8.82. The van der Waals surface area contributed by atoms with Crippen LogP contribution in [0, 0.1) is 6.92 Å². The van der Waals surface area contributed by atoms with E-state index in [1.807, 2.05) is 19.1 Å². The summed E-state index contributed by atoms with van der Waals surface area (Å²) in [7, 11) is 1.59. The van der Waals surface area contributed by atoms with Gasteiger partial charge in [-0.3, -0.25) is 9.59 Å². The highest BCUT2D eigenvalue weighted by molar-refractivity contribution is 7.99. The van der Waals surface area contributed by atoms with Crippen molar-refractivity contribution in [3.05, 3.63) is 71.8 Å². The lowest BCUT2D eigenvalue weighted by Crippen LogP contribution is -2.14. The van der Waals surface area contributed by atoms with Crippen molar-refractivity contribution in [3.8, 4) is 5.75 Å². The molecule has 0 spiro atoms. The highest BCUT2D eigenvalue weighted by atomic mass is 32.2. The van der Waals surface area contributed by atoms with Crippen molar-refractivity contribution in [2.75, 3.05) is 23.5 Å². The second kappa shape index (κ2) is 9.70. The van der Waals surface area contributed by atoms with Gasteiger partial charge in [-0.25, -0.2) is 0 Å². The zero-order chi connectivity index (χ0) is 20.6. The first-order chi connectivity index (χ1) is 14.0. The number of thioether (sulfide) groups is 1. The number of nitrogens with one attached hydrogen (secondary N) is 2. The van der Waals surface area contributed by atoms with Gasteiger partial charge < -0.3 is 15.4 Å². The van der Waals surface area contributed by atoms with Gasteiger partial charge in [-0.15, -0.1) is 10.2 Å². The summed E-state index contributed by atoms with van der Waals surface area (Å²) in [5.41, 5.74) is 2.32. The molecule has 0 aliphatic rings. The number of methoxy groups -OCH3 is 1. The van der Waals surface area contributed by atoms with Gasteiger partial charge in [0.25, 0.3) is 5.91 Å². The number of rotatable bonds is 7. The molecule has 148 valence electrons. The van der Waals surface area contributed by atoms with E-state index in [9.17, 15) is 9.59 Å². The van der Waals surface area contributed by atoms with Gasteiger partial charge in [0.05, 0.1) is 12.9 Å². The van der Waals surface area contributed by atoms with Crippen LogP contribution in [0.3, 0.4) is 0 Å². The average molecular weight is 408 g/mol. The molecule has 0 radical (unpaired) electrons. The Morgan fingerprint density at radius 1 is 0.931 bits per heavy atom. The summed E-state index contributed by atoms with van der Waals surface area (Å²) in [5, 5.41) is 14.1. The normalized spacial score (nSPS) is 10.3. The third-order valence-corrected chi connectivity index (χ3v) is 4.84. The molecule has 3 rings (SSSR count). The maximum Gasteiger partial charge on any atom is 0.256 e. The number of aromatic nitrogens is 2. The Morgan fingerprint density at radius 3 is 2.28 bits per heavy atom. The fourth-order valence-electron chi connectivity index (χ4n) is 2.37. The van der Waals surface area contributed by atoms with Crippen molar-refractivity contribution in [1.82, 2.24) is 10.2 Å². The molecule has 1 heterocycles. The van der Waals surface area contributed by atoms with Gasteiger partial charge in [-0.2, -0.15) is 0 Å². The van der Waals surface area contributed by atoms with Crippen LogP contribution in [0.2, 0.25) is 0 Å². The van der Waals surface area contributed by atoms with E-state index in [4.69, 9.17) is 4.74 Å². The van der Waals surface area contributed by atoms with Crippen LogP contribution in [0.25, 0.3) is 0 Å². The Balaban J connectivity index is 1.48. The minimum atomic E-state index is -0.251. The molecule has 0 atom stereocenters. The van der Waals surface area contributed by atoms with Gasteiger partial charge in [0.2, 0.25) is 5.91 Å². The fraction of sp³-hybridized carbons (Fsp3) is 0.143. The minimum absolute atomic E-state index is 0.154. The number of aryl methyl sites for hydroxylation is 1. The van der Waals surface area contributed by atoms with Crippen LogP contribution in [0.1, 0.15) is 15.9 Å². The van der Waals surface area contributed by atoms with Gasteiger partial charge in [0, 0.05) is 11.3 Å². The number of hydrogen-bond acceptors (Lipinski definition) is 6. The minimum Gasteiger partial charge on any atom is -0.497 e. The first-order valence-corrected chi connectivity index (χ1v) is 9.80. The first kappa shape index (κ1) is 20.3. The van der Waals surface area contributed by atoms with Crippen molar-refractivity contribution < 1.29 is 14.3 Å². The van der Waals surface area contributed by atoms with E-state index in [-0.39, 0.29) is 17.6 Å². The van der Waals surface area contributed by atoms with E-state index in [1.165, 1.54) is 11.8 Å². The number of amides is 2. The van der Waals surface area contributed by atoms with Crippen molar-refractivity contribution in [3.63, 3.8) is 0 Å². The van der Waals surface area contributed by atoms with Crippen molar-refractivity contribution in [2.45, 2.75) is 11.9 Å². The molecule has 0 aliphatic heterocycles. The summed E-state index contributed by atoms with van der Waals surface area (Å²) < 4.78 is 5.08. The van der Waals surface area contributed by atoms with E-state index >= 15 is 0 Å². The Kier molecular flexibility index (Phi) is 6.80. The average Bonchev–Trinajstić information content (AvgIpc) is 2.74. The van der Waals surface area contributed by atoms with E-state index in [1.54, 1.807) is 55.6 Å². The van der Waals surface area contributed by atoms with Crippen LogP contribution in [0.4, 0.5) is 11.5 Å². The number of ether oxygens (including phenoxy) is 1. The maximum absolute atomic E-state index is 12.2. The largest absolute Gasteiger partial charge is 0.497 e. The zero-order valence-electron chi connectivity index (χ0n) is 16.0. The smallest absolute Gasteiger partial charge is 0.256 e. The Labute approximate surface area is 172 Å². The molecule has 7 nitrogen and oxygen atoms in total. The van der Waals surface area contributed by atoms with Crippen LogP contribution < -0.4 is 15.4 Å².